The number of rotatable bonds is 4. The van der Waals surface area contributed by atoms with Gasteiger partial charge in [-0.1, -0.05) is 25.3 Å². The average molecular weight is 177 g/mol. The average Bonchev–Trinajstić information content (AvgIpc) is 2.13. The summed E-state index contributed by atoms with van der Waals surface area (Å²) in [6, 6.07) is 0. The Morgan fingerprint density at radius 2 is 1.92 bits per heavy atom. The molecule has 0 aromatic rings. The van der Waals surface area contributed by atoms with Gasteiger partial charge in [-0.25, -0.2) is 4.99 Å². The minimum atomic E-state index is 0.288. The van der Waals surface area contributed by atoms with Crippen LogP contribution < -0.4 is 11.5 Å². The third-order valence-corrected chi connectivity index (χ3v) is 1.30. The Labute approximate surface area is 78.8 Å². The summed E-state index contributed by atoms with van der Waals surface area (Å²) in [6.07, 6.45) is 6.56. The van der Waals surface area contributed by atoms with Gasteiger partial charge >= 0.3 is 0 Å². The highest BCUT2D eigenvalue weighted by Gasteiger charge is 1.91. The van der Waals surface area contributed by atoms with Gasteiger partial charge in [0.2, 0.25) is 0 Å². The molecular weight excluding hydrogens is 162 g/mol. The summed E-state index contributed by atoms with van der Waals surface area (Å²) in [5.74, 6) is 0.288. The second-order valence-electron chi connectivity index (χ2n) is 2.39. The van der Waals surface area contributed by atoms with E-state index in [0.717, 1.165) is 5.71 Å². The number of hydrogen-bond donors (Lipinski definition) is 2. The first-order chi connectivity index (χ1) is 6.11. The van der Waals surface area contributed by atoms with Crippen LogP contribution in [-0.4, -0.2) is 5.71 Å². The standard InChI is InChI=1S/C10H15N3/c1-4-6-7-9(11)10(12)13-8(3)5-2/h4-7H,1-2,11-12H2,3H3/b7-6-,10-9-,13-8?. The van der Waals surface area contributed by atoms with Crippen LogP contribution in [0, 0.1) is 0 Å². The summed E-state index contributed by atoms with van der Waals surface area (Å²) in [7, 11) is 0. The third kappa shape index (κ3) is 4.63. The molecule has 0 aliphatic heterocycles. The molecule has 0 aliphatic rings. The Balaban J connectivity index is 4.71. The summed E-state index contributed by atoms with van der Waals surface area (Å²) >= 11 is 0. The number of nitrogens with two attached hydrogens (primary N) is 2. The van der Waals surface area contributed by atoms with E-state index in [-0.39, 0.29) is 5.82 Å². The van der Waals surface area contributed by atoms with E-state index < -0.39 is 0 Å². The fourth-order valence-corrected chi connectivity index (χ4v) is 0.557. The summed E-state index contributed by atoms with van der Waals surface area (Å²) in [5, 5.41) is 0. The fourth-order valence-electron chi connectivity index (χ4n) is 0.557. The molecule has 0 bridgehead atoms. The molecule has 0 fully saturated rings. The highest BCUT2D eigenvalue weighted by Crippen LogP contribution is 1.96. The molecule has 0 saturated heterocycles. The molecule has 3 nitrogen and oxygen atoms in total. The van der Waals surface area contributed by atoms with E-state index in [1.807, 2.05) is 0 Å². The largest absolute Gasteiger partial charge is 0.396 e. The summed E-state index contributed by atoms with van der Waals surface area (Å²) < 4.78 is 0. The molecule has 70 valence electrons. The third-order valence-electron chi connectivity index (χ3n) is 1.30. The zero-order valence-electron chi connectivity index (χ0n) is 7.83. The first-order valence-corrected chi connectivity index (χ1v) is 3.84. The molecule has 13 heavy (non-hydrogen) atoms. The second kappa shape index (κ2) is 5.83. The zero-order valence-corrected chi connectivity index (χ0v) is 7.83. The van der Waals surface area contributed by atoms with Crippen molar-refractivity contribution in [3.8, 4) is 0 Å². The van der Waals surface area contributed by atoms with Gasteiger partial charge in [0.05, 0.1) is 5.70 Å². The lowest BCUT2D eigenvalue weighted by molar-refractivity contribution is 1.16. The van der Waals surface area contributed by atoms with Crippen LogP contribution in [0.2, 0.25) is 0 Å². The Kier molecular flexibility index (Phi) is 5.03. The van der Waals surface area contributed by atoms with Crippen LogP contribution >= 0.6 is 0 Å². The second-order valence-corrected chi connectivity index (χ2v) is 2.39. The monoisotopic (exact) mass is 177 g/mol. The van der Waals surface area contributed by atoms with E-state index in [9.17, 15) is 0 Å². The fraction of sp³-hybridized carbons (Fsp3) is 0.100. The Bertz CT molecular complexity index is 283. The smallest absolute Gasteiger partial charge is 0.146 e. The van der Waals surface area contributed by atoms with Crippen LogP contribution in [0.4, 0.5) is 0 Å². The molecule has 4 N–H and O–H groups in total. The van der Waals surface area contributed by atoms with Crippen LogP contribution in [0.1, 0.15) is 6.92 Å². The SMILES string of the molecule is C=C/C=C\C(N)=C(/N)N=C(C)C=C. The molecule has 0 aromatic heterocycles. The van der Waals surface area contributed by atoms with Gasteiger partial charge in [-0.3, -0.25) is 0 Å². The summed E-state index contributed by atoms with van der Waals surface area (Å²) in [6.45, 7) is 8.86. The minimum absolute atomic E-state index is 0.288. The summed E-state index contributed by atoms with van der Waals surface area (Å²) in [4.78, 5) is 3.99. The molecule has 0 radical (unpaired) electrons. The van der Waals surface area contributed by atoms with Gasteiger partial charge in [0.25, 0.3) is 0 Å². The molecular formula is C10H15N3. The number of nitrogens with zero attached hydrogens (tertiary/aromatic N) is 1. The Morgan fingerprint density at radius 3 is 2.38 bits per heavy atom. The van der Waals surface area contributed by atoms with Crippen LogP contribution in [0.3, 0.4) is 0 Å². The molecule has 0 spiro atoms. The minimum Gasteiger partial charge on any atom is -0.396 e. The lowest BCUT2D eigenvalue weighted by Crippen LogP contribution is -2.07. The highest BCUT2D eigenvalue weighted by molar-refractivity contribution is 5.92. The maximum Gasteiger partial charge on any atom is 0.146 e. The first kappa shape index (κ1) is 11.2. The van der Waals surface area contributed by atoms with Gasteiger partial charge < -0.3 is 11.5 Å². The van der Waals surface area contributed by atoms with Crippen molar-refractivity contribution in [1.82, 2.24) is 0 Å². The number of aliphatic imine (C=N–C) groups is 1. The van der Waals surface area contributed by atoms with Crippen molar-refractivity contribution < 1.29 is 0 Å². The van der Waals surface area contributed by atoms with Crippen LogP contribution in [0.25, 0.3) is 0 Å². The predicted octanol–water partition coefficient (Wildman–Crippen LogP) is 1.46. The predicted molar refractivity (Wildman–Crippen MR) is 58.0 cm³/mol. The van der Waals surface area contributed by atoms with Crippen molar-refractivity contribution >= 4 is 5.71 Å². The molecule has 0 unspecified atom stereocenters. The number of allylic oxidation sites excluding steroid dienone is 4. The van der Waals surface area contributed by atoms with Gasteiger partial charge in [0.1, 0.15) is 5.82 Å². The lowest BCUT2D eigenvalue weighted by atomic mass is 10.3. The topological polar surface area (TPSA) is 64.4 Å². The maximum absolute atomic E-state index is 5.58. The normalized spacial score (nSPS) is 14.1. The molecule has 0 aromatic carbocycles. The maximum atomic E-state index is 5.58. The number of hydrogen-bond acceptors (Lipinski definition) is 3. The van der Waals surface area contributed by atoms with Crippen molar-refractivity contribution in [1.29, 1.82) is 0 Å². The Morgan fingerprint density at radius 1 is 1.31 bits per heavy atom. The van der Waals surface area contributed by atoms with Crippen LogP contribution in [-0.2, 0) is 0 Å². The van der Waals surface area contributed by atoms with Crippen molar-refractivity contribution in [2.45, 2.75) is 6.92 Å². The molecule has 0 atom stereocenters. The molecule has 0 amide bonds. The quantitative estimate of drug-likeness (QED) is 0.504. The van der Waals surface area contributed by atoms with E-state index in [4.69, 9.17) is 11.5 Å². The Hall–Kier alpha value is -1.77. The molecule has 0 saturated carbocycles. The van der Waals surface area contributed by atoms with Crippen molar-refractivity contribution in [2.24, 2.45) is 16.5 Å². The van der Waals surface area contributed by atoms with E-state index in [1.165, 1.54) is 0 Å². The molecule has 0 heterocycles. The molecule has 0 rings (SSSR count). The van der Waals surface area contributed by atoms with Crippen molar-refractivity contribution in [2.75, 3.05) is 0 Å². The van der Waals surface area contributed by atoms with Crippen LogP contribution in [0.5, 0.6) is 0 Å². The van der Waals surface area contributed by atoms with Crippen molar-refractivity contribution in [3.05, 3.63) is 49.0 Å². The van der Waals surface area contributed by atoms with E-state index >= 15 is 0 Å². The zero-order chi connectivity index (χ0) is 10.3. The highest BCUT2D eigenvalue weighted by atomic mass is 14.9. The van der Waals surface area contributed by atoms with Gasteiger partial charge in [0, 0.05) is 5.71 Å². The van der Waals surface area contributed by atoms with E-state index in [2.05, 4.69) is 18.2 Å². The van der Waals surface area contributed by atoms with E-state index in [1.54, 1.807) is 31.2 Å². The van der Waals surface area contributed by atoms with Gasteiger partial charge in [-0.05, 0) is 19.1 Å². The lowest BCUT2D eigenvalue weighted by Gasteiger charge is -1.97. The van der Waals surface area contributed by atoms with Crippen LogP contribution in [0.15, 0.2) is 54.0 Å². The van der Waals surface area contributed by atoms with Gasteiger partial charge in [-0.2, -0.15) is 0 Å². The molecule has 0 aliphatic carbocycles. The van der Waals surface area contributed by atoms with E-state index in [0.29, 0.717) is 5.70 Å². The summed E-state index contributed by atoms with van der Waals surface area (Å²) in [5.41, 5.74) is 12.3. The van der Waals surface area contributed by atoms with Crippen molar-refractivity contribution in [3.63, 3.8) is 0 Å². The van der Waals surface area contributed by atoms with Gasteiger partial charge in [-0.15, -0.1) is 0 Å². The van der Waals surface area contributed by atoms with Gasteiger partial charge in [0.15, 0.2) is 0 Å². The first-order valence-electron chi connectivity index (χ1n) is 3.84. The molecule has 3 heteroatoms.